The van der Waals surface area contributed by atoms with E-state index in [2.05, 4.69) is 21.2 Å². The lowest BCUT2D eigenvalue weighted by Gasteiger charge is -2.13. The van der Waals surface area contributed by atoms with Crippen LogP contribution in [0.15, 0.2) is 29.4 Å². The number of halogens is 3. The normalized spacial score (nSPS) is 10.6. The molecule has 0 bridgehead atoms. The van der Waals surface area contributed by atoms with Crippen molar-refractivity contribution in [1.82, 2.24) is 0 Å². The van der Waals surface area contributed by atoms with Crippen LogP contribution in [0.2, 0.25) is 0 Å². The van der Waals surface area contributed by atoms with Gasteiger partial charge in [-0.2, -0.15) is 0 Å². The minimum absolute atomic E-state index is 0.182. The molecule has 0 aromatic heterocycles. The first-order valence-electron chi connectivity index (χ1n) is 7.43. The Hall–Kier alpha value is -3.51. The molecule has 0 aliphatic carbocycles. The Morgan fingerprint density at radius 2 is 2.04 bits per heavy atom. The highest BCUT2D eigenvalue weighted by Crippen LogP contribution is 2.30. The fraction of sp³-hybridized carbons (Fsp3) is 0.111. The van der Waals surface area contributed by atoms with E-state index in [4.69, 9.17) is 11.5 Å². The summed E-state index contributed by atoms with van der Waals surface area (Å²) in [6.45, 7) is -0.527. The Labute approximate surface area is 151 Å². The zero-order chi connectivity index (χ0) is 20.0. The van der Waals surface area contributed by atoms with Crippen LogP contribution in [0.1, 0.15) is 21.5 Å². The summed E-state index contributed by atoms with van der Waals surface area (Å²) in [6, 6.07) is 4.31. The van der Waals surface area contributed by atoms with Gasteiger partial charge in [0.15, 0.2) is 11.6 Å². The molecule has 0 saturated heterocycles. The Bertz CT molecular complexity index is 939. The van der Waals surface area contributed by atoms with Gasteiger partial charge in [-0.05, 0) is 24.3 Å². The summed E-state index contributed by atoms with van der Waals surface area (Å²) in [4.78, 5) is 16.0. The van der Waals surface area contributed by atoms with E-state index in [1.165, 1.54) is 12.1 Å². The van der Waals surface area contributed by atoms with Crippen LogP contribution >= 0.6 is 0 Å². The predicted molar refractivity (Wildman–Crippen MR) is 91.6 cm³/mol. The van der Waals surface area contributed by atoms with Gasteiger partial charge in [0.2, 0.25) is 0 Å². The number of aliphatic hydroxyl groups is 1. The van der Waals surface area contributed by atoms with Crippen molar-refractivity contribution in [3.63, 3.8) is 0 Å². The standard InChI is InChI=1S/C18H13F3N2O4/c1-2-10-3-4-14(13(19)7-10)23-17-12(18(25)26)8-11(15(20)16(17)21)9-22-27-6-5-24/h1,3-4,7-9,23-24H,5-6H2,(H,25,26). The second-order valence-electron chi connectivity index (χ2n) is 5.08. The second kappa shape index (κ2) is 8.73. The average molecular weight is 378 g/mol. The number of oxime groups is 1. The Balaban J connectivity index is 2.47. The molecule has 0 atom stereocenters. The van der Waals surface area contributed by atoms with E-state index in [1.54, 1.807) is 0 Å². The Morgan fingerprint density at radius 3 is 2.63 bits per heavy atom. The maximum atomic E-state index is 14.4. The minimum Gasteiger partial charge on any atom is -0.478 e. The number of hydrogen-bond donors (Lipinski definition) is 3. The van der Waals surface area contributed by atoms with Crippen molar-refractivity contribution in [3.8, 4) is 12.3 Å². The van der Waals surface area contributed by atoms with Crippen LogP contribution in [0.4, 0.5) is 24.5 Å². The van der Waals surface area contributed by atoms with Gasteiger partial charge in [0.25, 0.3) is 0 Å². The zero-order valence-electron chi connectivity index (χ0n) is 13.7. The average Bonchev–Trinajstić information content (AvgIpc) is 2.65. The summed E-state index contributed by atoms with van der Waals surface area (Å²) in [6.07, 6.45) is 5.90. The molecule has 0 heterocycles. The van der Waals surface area contributed by atoms with E-state index >= 15 is 0 Å². The number of carboxylic acid groups (broad SMARTS) is 1. The van der Waals surface area contributed by atoms with Crippen LogP contribution in [-0.2, 0) is 4.84 Å². The molecule has 140 valence electrons. The summed E-state index contributed by atoms with van der Waals surface area (Å²) in [7, 11) is 0. The fourth-order valence-electron chi connectivity index (χ4n) is 2.06. The van der Waals surface area contributed by atoms with Crippen molar-refractivity contribution in [2.75, 3.05) is 18.5 Å². The molecular formula is C18H13F3N2O4. The first-order valence-corrected chi connectivity index (χ1v) is 7.43. The monoisotopic (exact) mass is 378 g/mol. The molecule has 0 saturated carbocycles. The highest BCUT2D eigenvalue weighted by Gasteiger charge is 2.23. The fourth-order valence-corrected chi connectivity index (χ4v) is 2.06. The molecule has 0 unspecified atom stereocenters. The SMILES string of the molecule is C#Cc1ccc(Nc2c(C(=O)O)cc(C=NOCCO)c(F)c2F)c(F)c1. The van der Waals surface area contributed by atoms with Gasteiger partial charge >= 0.3 is 5.97 Å². The maximum Gasteiger partial charge on any atom is 0.337 e. The van der Waals surface area contributed by atoms with Gasteiger partial charge in [-0.1, -0.05) is 11.1 Å². The first-order chi connectivity index (χ1) is 12.9. The molecule has 27 heavy (non-hydrogen) atoms. The molecule has 2 aromatic rings. The quantitative estimate of drug-likeness (QED) is 0.298. The summed E-state index contributed by atoms with van der Waals surface area (Å²) in [5.41, 5.74) is -1.99. The van der Waals surface area contributed by atoms with Crippen LogP contribution in [0, 0.1) is 29.8 Å². The molecule has 2 aromatic carbocycles. The molecule has 3 N–H and O–H groups in total. The maximum absolute atomic E-state index is 14.4. The van der Waals surface area contributed by atoms with E-state index in [0.717, 1.165) is 18.3 Å². The number of nitrogens with zero attached hydrogens (tertiary/aromatic N) is 1. The number of benzene rings is 2. The van der Waals surface area contributed by atoms with Crippen LogP contribution in [0.3, 0.4) is 0 Å². The Kier molecular flexibility index (Phi) is 6.41. The van der Waals surface area contributed by atoms with Crippen molar-refractivity contribution >= 4 is 23.6 Å². The van der Waals surface area contributed by atoms with E-state index in [-0.39, 0.29) is 24.5 Å². The first kappa shape index (κ1) is 19.8. The molecule has 2 rings (SSSR count). The van der Waals surface area contributed by atoms with Gasteiger partial charge < -0.3 is 20.4 Å². The van der Waals surface area contributed by atoms with Gasteiger partial charge in [0.05, 0.1) is 29.8 Å². The highest BCUT2D eigenvalue weighted by atomic mass is 19.2. The summed E-state index contributed by atoms with van der Waals surface area (Å²) >= 11 is 0. The number of nitrogens with one attached hydrogen (secondary N) is 1. The smallest absolute Gasteiger partial charge is 0.337 e. The van der Waals surface area contributed by atoms with Gasteiger partial charge in [0.1, 0.15) is 12.4 Å². The third-order valence-corrected chi connectivity index (χ3v) is 3.31. The van der Waals surface area contributed by atoms with E-state index in [0.29, 0.717) is 0 Å². The molecule has 0 amide bonds. The number of rotatable bonds is 7. The van der Waals surface area contributed by atoms with E-state index in [9.17, 15) is 23.1 Å². The second-order valence-corrected chi connectivity index (χ2v) is 5.08. The van der Waals surface area contributed by atoms with Gasteiger partial charge in [0, 0.05) is 11.1 Å². The largest absolute Gasteiger partial charge is 0.478 e. The number of terminal acetylenes is 1. The lowest BCUT2D eigenvalue weighted by Crippen LogP contribution is -2.10. The molecule has 0 aliphatic rings. The van der Waals surface area contributed by atoms with Gasteiger partial charge in [-0.25, -0.2) is 18.0 Å². The summed E-state index contributed by atoms with van der Waals surface area (Å²) < 4.78 is 42.7. The number of aliphatic hydroxyl groups excluding tert-OH is 1. The van der Waals surface area contributed by atoms with Crippen molar-refractivity contribution in [2.45, 2.75) is 0 Å². The number of aromatic carboxylic acids is 1. The number of carboxylic acids is 1. The van der Waals surface area contributed by atoms with Crippen molar-refractivity contribution in [3.05, 3.63) is 58.4 Å². The van der Waals surface area contributed by atoms with Crippen molar-refractivity contribution < 1.29 is 33.0 Å². The van der Waals surface area contributed by atoms with E-state index < -0.39 is 40.2 Å². The highest BCUT2D eigenvalue weighted by molar-refractivity contribution is 5.98. The van der Waals surface area contributed by atoms with Crippen LogP contribution in [0.25, 0.3) is 0 Å². The Morgan fingerprint density at radius 1 is 1.30 bits per heavy atom. The third-order valence-electron chi connectivity index (χ3n) is 3.31. The molecule has 0 radical (unpaired) electrons. The molecule has 0 aliphatic heterocycles. The van der Waals surface area contributed by atoms with Crippen LogP contribution < -0.4 is 5.32 Å². The predicted octanol–water partition coefficient (Wildman–Crippen LogP) is 2.87. The third kappa shape index (κ3) is 4.56. The lowest BCUT2D eigenvalue weighted by atomic mass is 10.1. The molecule has 0 fully saturated rings. The van der Waals surface area contributed by atoms with Crippen LogP contribution in [-0.4, -0.2) is 35.6 Å². The number of anilines is 2. The minimum atomic E-state index is -1.58. The number of carbonyl (C=O) groups is 1. The summed E-state index contributed by atoms with van der Waals surface area (Å²) in [5.74, 6) is -3.20. The van der Waals surface area contributed by atoms with Crippen LogP contribution in [0.5, 0.6) is 0 Å². The topological polar surface area (TPSA) is 91.2 Å². The van der Waals surface area contributed by atoms with Gasteiger partial charge in [-0.3, -0.25) is 0 Å². The summed E-state index contributed by atoms with van der Waals surface area (Å²) in [5, 5.41) is 23.4. The lowest BCUT2D eigenvalue weighted by molar-refractivity contribution is 0.0697. The molecule has 0 spiro atoms. The molecule has 6 nitrogen and oxygen atoms in total. The number of hydrogen-bond acceptors (Lipinski definition) is 5. The zero-order valence-corrected chi connectivity index (χ0v) is 13.7. The molecular weight excluding hydrogens is 365 g/mol. The molecule has 9 heteroatoms. The van der Waals surface area contributed by atoms with Crippen molar-refractivity contribution in [2.24, 2.45) is 5.16 Å². The van der Waals surface area contributed by atoms with E-state index in [1.807, 2.05) is 0 Å². The van der Waals surface area contributed by atoms with Gasteiger partial charge in [-0.15, -0.1) is 6.42 Å². The van der Waals surface area contributed by atoms with Crippen molar-refractivity contribution in [1.29, 1.82) is 0 Å².